The van der Waals surface area contributed by atoms with Gasteiger partial charge in [0, 0.05) is 18.0 Å². The molecule has 2 aromatic rings. The van der Waals surface area contributed by atoms with Crippen LogP contribution in [0.25, 0.3) is 10.6 Å². The van der Waals surface area contributed by atoms with Crippen molar-refractivity contribution in [1.29, 1.82) is 0 Å². The highest BCUT2D eigenvalue weighted by Crippen LogP contribution is 2.35. The third-order valence-electron chi connectivity index (χ3n) is 3.10. The van der Waals surface area contributed by atoms with Gasteiger partial charge in [0.2, 0.25) is 5.91 Å². The van der Waals surface area contributed by atoms with Gasteiger partial charge in [-0.25, -0.2) is 4.98 Å². The van der Waals surface area contributed by atoms with Gasteiger partial charge >= 0.3 is 0 Å². The smallest absolute Gasteiger partial charge is 0.232 e. The first-order chi connectivity index (χ1) is 10.0. The average molecular weight is 322 g/mol. The predicted octanol–water partition coefficient (Wildman–Crippen LogP) is 2.91. The minimum Gasteiger partial charge on any atom is -0.316 e. The van der Waals surface area contributed by atoms with E-state index in [-0.39, 0.29) is 17.7 Å². The SMILES string of the molecule is CC(C)c1nc(-c2cccnc2)sc1NC(=O)[C@H](C)C[SH2+]. The van der Waals surface area contributed by atoms with Crippen molar-refractivity contribution in [3.05, 3.63) is 30.2 Å². The lowest BCUT2D eigenvalue weighted by Gasteiger charge is -2.09. The molecule has 0 aliphatic heterocycles. The molecule has 0 spiro atoms. The van der Waals surface area contributed by atoms with Gasteiger partial charge in [0.15, 0.2) is 0 Å². The van der Waals surface area contributed by atoms with E-state index in [1.165, 1.54) is 11.3 Å². The number of pyridine rings is 1. The zero-order valence-corrected chi connectivity index (χ0v) is 14.2. The van der Waals surface area contributed by atoms with E-state index >= 15 is 0 Å². The summed E-state index contributed by atoms with van der Waals surface area (Å²) in [7, 11) is 0. The Hall–Kier alpha value is -1.40. The van der Waals surface area contributed by atoms with Crippen molar-refractivity contribution in [2.45, 2.75) is 26.7 Å². The first kappa shape index (κ1) is 16.0. The molecule has 1 atom stereocenters. The van der Waals surface area contributed by atoms with E-state index in [1.54, 1.807) is 12.4 Å². The van der Waals surface area contributed by atoms with Crippen molar-refractivity contribution in [2.24, 2.45) is 5.92 Å². The summed E-state index contributed by atoms with van der Waals surface area (Å²) < 4.78 is 0. The number of rotatable bonds is 5. The molecule has 0 aliphatic rings. The number of amides is 1. The van der Waals surface area contributed by atoms with E-state index < -0.39 is 0 Å². The molecule has 2 aromatic heterocycles. The van der Waals surface area contributed by atoms with E-state index in [2.05, 4.69) is 41.8 Å². The van der Waals surface area contributed by atoms with Gasteiger partial charge < -0.3 is 5.32 Å². The van der Waals surface area contributed by atoms with Crippen LogP contribution in [0.3, 0.4) is 0 Å². The van der Waals surface area contributed by atoms with Crippen molar-refractivity contribution in [3.63, 3.8) is 0 Å². The number of hydrogen-bond acceptors (Lipinski definition) is 4. The Balaban J connectivity index is 2.32. The number of nitrogens with one attached hydrogen (secondary N) is 1. The number of carbonyl (C=O) groups is 1. The molecule has 0 aliphatic carbocycles. The van der Waals surface area contributed by atoms with E-state index in [9.17, 15) is 4.79 Å². The van der Waals surface area contributed by atoms with Gasteiger partial charge in [-0.1, -0.05) is 25.2 Å². The fourth-order valence-electron chi connectivity index (χ4n) is 1.75. The summed E-state index contributed by atoms with van der Waals surface area (Å²) in [6.45, 7) is 6.04. The minimum absolute atomic E-state index is 0.00767. The highest BCUT2D eigenvalue weighted by atomic mass is 32.1. The van der Waals surface area contributed by atoms with Crippen LogP contribution >= 0.6 is 11.3 Å². The molecule has 4 nitrogen and oxygen atoms in total. The second kappa shape index (κ2) is 7.04. The van der Waals surface area contributed by atoms with Gasteiger partial charge in [0.1, 0.15) is 15.8 Å². The Morgan fingerprint density at radius 3 is 2.76 bits per heavy atom. The normalized spacial score (nSPS) is 12.4. The van der Waals surface area contributed by atoms with Gasteiger partial charge in [-0.05, 0) is 37.6 Å². The second-order valence-electron chi connectivity index (χ2n) is 5.22. The standard InChI is InChI=1S/C15H19N3OS2/c1-9(2)12-15(18-13(19)10(3)8-20)21-14(17-12)11-5-4-6-16-7-11/h4-7,9-10,20H,8H2,1-3H3,(H,18,19)/p+1/t10-/m1/s1. The second-order valence-corrected chi connectivity index (χ2v) is 6.63. The molecule has 0 saturated carbocycles. The highest BCUT2D eigenvalue weighted by Gasteiger charge is 2.20. The summed E-state index contributed by atoms with van der Waals surface area (Å²) >= 11 is 4.88. The summed E-state index contributed by atoms with van der Waals surface area (Å²) in [5.74, 6) is 0.816. The zero-order valence-electron chi connectivity index (χ0n) is 12.4. The Morgan fingerprint density at radius 2 is 2.19 bits per heavy atom. The predicted molar refractivity (Wildman–Crippen MR) is 92.2 cm³/mol. The first-order valence-corrected chi connectivity index (χ1v) is 8.41. The molecule has 6 heteroatoms. The first-order valence-electron chi connectivity index (χ1n) is 6.89. The van der Waals surface area contributed by atoms with Gasteiger partial charge in [-0.3, -0.25) is 9.78 Å². The molecular formula is C15H20N3OS2+. The van der Waals surface area contributed by atoms with E-state index in [0.29, 0.717) is 5.75 Å². The molecule has 112 valence electrons. The Morgan fingerprint density at radius 1 is 1.43 bits per heavy atom. The number of carbonyl (C=O) groups excluding carboxylic acids is 1. The van der Waals surface area contributed by atoms with Crippen LogP contribution in [0.5, 0.6) is 0 Å². The van der Waals surface area contributed by atoms with Crippen LogP contribution in [-0.4, -0.2) is 21.6 Å². The molecule has 2 rings (SSSR count). The Bertz CT molecular complexity index is 611. The van der Waals surface area contributed by atoms with E-state index in [1.807, 2.05) is 19.1 Å². The fraction of sp³-hybridized carbons (Fsp3) is 0.400. The number of thiazole rings is 1. The highest BCUT2D eigenvalue weighted by molar-refractivity contribution is 7.58. The third kappa shape index (κ3) is 3.83. The maximum atomic E-state index is 12.1. The van der Waals surface area contributed by atoms with E-state index in [0.717, 1.165) is 21.3 Å². The van der Waals surface area contributed by atoms with E-state index in [4.69, 9.17) is 0 Å². The van der Waals surface area contributed by atoms with Crippen molar-refractivity contribution in [3.8, 4) is 10.6 Å². The summed E-state index contributed by atoms with van der Waals surface area (Å²) in [5, 5.41) is 4.71. The number of anilines is 1. The molecule has 0 bridgehead atoms. The van der Waals surface area contributed by atoms with Gasteiger partial charge in [-0.15, -0.1) is 0 Å². The van der Waals surface area contributed by atoms with Crippen molar-refractivity contribution >= 4 is 34.9 Å². The zero-order chi connectivity index (χ0) is 15.4. The van der Waals surface area contributed by atoms with Crippen molar-refractivity contribution < 1.29 is 4.79 Å². The third-order valence-corrected chi connectivity index (χ3v) is 4.75. The maximum absolute atomic E-state index is 12.1. The number of aromatic nitrogens is 2. The number of hydrogen-bond donors (Lipinski definition) is 1. The molecule has 1 N–H and O–H groups in total. The van der Waals surface area contributed by atoms with Gasteiger partial charge in [0.05, 0.1) is 11.6 Å². The van der Waals surface area contributed by atoms with Gasteiger partial charge in [0.25, 0.3) is 0 Å². The van der Waals surface area contributed by atoms with Crippen molar-refractivity contribution in [2.75, 3.05) is 11.1 Å². The molecule has 0 saturated heterocycles. The molecule has 0 unspecified atom stereocenters. The van der Waals surface area contributed by atoms with Crippen LogP contribution in [-0.2, 0) is 17.4 Å². The minimum atomic E-state index is -0.0781. The van der Waals surface area contributed by atoms with Crippen LogP contribution in [0.1, 0.15) is 32.4 Å². The molecule has 1 amide bonds. The molecule has 0 radical (unpaired) electrons. The monoisotopic (exact) mass is 322 g/mol. The average Bonchev–Trinajstić information content (AvgIpc) is 2.91. The lowest BCUT2D eigenvalue weighted by atomic mass is 10.1. The molecular weight excluding hydrogens is 302 g/mol. The molecule has 0 aromatic carbocycles. The maximum Gasteiger partial charge on any atom is 0.232 e. The summed E-state index contributed by atoms with van der Waals surface area (Å²) in [6, 6.07) is 3.86. The van der Waals surface area contributed by atoms with Crippen LogP contribution in [0, 0.1) is 5.92 Å². The van der Waals surface area contributed by atoms with Crippen LogP contribution in [0.4, 0.5) is 5.00 Å². The Labute approximate surface area is 134 Å². The lowest BCUT2D eigenvalue weighted by molar-refractivity contribution is -0.118. The molecule has 0 fully saturated rings. The van der Waals surface area contributed by atoms with Gasteiger partial charge in [-0.2, -0.15) is 0 Å². The van der Waals surface area contributed by atoms with Crippen LogP contribution < -0.4 is 5.32 Å². The fourth-order valence-corrected chi connectivity index (χ4v) is 3.05. The molecule has 21 heavy (non-hydrogen) atoms. The Kier molecular flexibility index (Phi) is 5.36. The lowest BCUT2D eigenvalue weighted by Crippen LogP contribution is -2.22. The topological polar surface area (TPSA) is 54.9 Å². The summed E-state index contributed by atoms with van der Waals surface area (Å²) in [6.07, 6.45) is 3.52. The van der Waals surface area contributed by atoms with Crippen molar-refractivity contribution in [1.82, 2.24) is 9.97 Å². The van der Waals surface area contributed by atoms with Crippen LogP contribution in [0.15, 0.2) is 24.5 Å². The van der Waals surface area contributed by atoms with Crippen LogP contribution in [0.2, 0.25) is 0 Å². The quantitative estimate of drug-likeness (QED) is 0.861. The largest absolute Gasteiger partial charge is 0.316 e. The summed E-state index contributed by atoms with van der Waals surface area (Å²) in [5.41, 5.74) is 1.89. The number of nitrogens with zero attached hydrogens (tertiary/aromatic N) is 2. The summed E-state index contributed by atoms with van der Waals surface area (Å²) in [4.78, 5) is 20.9. The molecule has 2 heterocycles.